The van der Waals surface area contributed by atoms with Crippen LogP contribution in [-0.4, -0.2) is 58.3 Å². The minimum absolute atomic E-state index is 0.114. The lowest BCUT2D eigenvalue weighted by Gasteiger charge is -2.34. The summed E-state index contributed by atoms with van der Waals surface area (Å²) in [4.78, 5) is 17.0. The average molecular weight is 399 g/mol. The normalized spacial score (nSPS) is 16.7. The second kappa shape index (κ2) is 7.00. The number of amides is 1. The maximum absolute atomic E-state index is 12.9. The molecule has 8 heteroatoms. The van der Waals surface area contributed by atoms with Gasteiger partial charge in [0.1, 0.15) is 0 Å². The quantitative estimate of drug-likeness (QED) is 0.679. The van der Waals surface area contributed by atoms with Crippen molar-refractivity contribution in [2.45, 2.75) is 6.54 Å². The topological polar surface area (TPSA) is 59.3 Å². The van der Waals surface area contributed by atoms with Crippen LogP contribution in [-0.2, 0) is 6.54 Å². The zero-order valence-corrected chi connectivity index (χ0v) is 15.9. The van der Waals surface area contributed by atoms with Gasteiger partial charge in [-0.25, -0.2) is 4.52 Å². The standard InChI is InChI=1S/C20H19ClN4O3/c21-18-15-3-1-2-6-25(15)22-19(18)20(26)24-9-7-23(8-10-24)12-14-4-5-16-17(11-14)28-13-27-16/h1-6,11H,7-10,12-13H2. The molecule has 2 aromatic heterocycles. The van der Waals surface area contributed by atoms with E-state index in [1.165, 1.54) is 5.56 Å². The van der Waals surface area contributed by atoms with Gasteiger partial charge in [0.2, 0.25) is 6.79 Å². The molecule has 0 unspecified atom stereocenters. The number of hydrogen-bond acceptors (Lipinski definition) is 5. The number of rotatable bonds is 3. The van der Waals surface area contributed by atoms with Crippen molar-refractivity contribution >= 4 is 23.0 Å². The molecule has 5 rings (SSSR count). The Kier molecular flexibility index (Phi) is 4.33. The molecule has 0 aliphatic carbocycles. The Labute approximate surface area is 167 Å². The van der Waals surface area contributed by atoms with E-state index in [0.717, 1.165) is 36.6 Å². The van der Waals surface area contributed by atoms with Crippen molar-refractivity contribution in [2.75, 3.05) is 33.0 Å². The van der Waals surface area contributed by atoms with Crippen molar-refractivity contribution in [2.24, 2.45) is 0 Å². The van der Waals surface area contributed by atoms with Gasteiger partial charge in [0.15, 0.2) is 17.2 Å². The van der Waals surface area contributed by atoms with Crippen molar-refractivity contribution in [3.8, 4) is 11.5 Å². The van der Waals surface area contributed by atoms with Crippen LogP contribution in [0.3, 0.4) is 0 Å². The number of fused-ring (bicyclic) bond motifs is 2. The largest absolute Gasteiger partial charge is 0.454 e. The first-order valence-electron chi connectivity index (χ1n) is 9.22. The van der Waals surface area contributed by atoms with Crippen LogP contribution in [0.4, 0.5) is 0 Å². The number of halogens is 1. The fourth-order valence-electron chi connectivity index (χ4n) is 3.66. The lowest BCUT2D eigenvalue weighted by molar-refractivity contribution is 0.0622. The van der Waals surface area contributed by atoms with Crippen molar-refractivity contribution in [1.82, 2.24) is 19.4 Å². The number of aromatic nitrogens is 2. The van der Waals surface area contributed by atoms with Crippen LogP contribution in [0.1, 0.15) is 16.1 Å². The molecule has 28 heavy (non-hydrogen) atoms. The second-order valence-corrected chi connectivity index (χ2v) is 7.33. The van der Waals surface area contributed by atoms with Crippen LogP contribution in [0, 0.1) is 0 Å². The van der Waals surface area contributed by atoms with E-state index in [0.29, 0.717) is 23.8 Å². The monoisotopic (exact) mass is 398 g/mol. The second-order valence-electron chi connectivity index (χ2n) is 6.95. The Hall–Kier alpha value is -2.77. The molecule has 1 aromatic carbocycles. The van der Waals surface area contributed by atoms with Gasteiger partial charge in [0.25, 0.3) is 5.91 Å². The molecule has 0 N–H and O–H groups in total. The molecular formula is C20H19ClN4O3. The molecule has 2 aliphatic heterocycles. The summed E-state index contributed by atoms with van der Waals surface area (Å²) in [6.07, 6.45) is 1.79. The van der Waals surface area contributed by atoms with Gasteiger partial charge in [-0.3, -0.25) is 9.69 Å². The summed E-state index contributed by atoms with van der Waals surface area (Å²) in [6.45, 7) is 3.98. The number of pyridine rings is 1. The molecule has 2 aliphatic rings. The van der Waals surface area contributed by atoms with Gasteiger partial charge in [-0.05, 0) is 29.8 Å². The maximum atomic E-state index is 12.9. The highest BCUT2D eigenvalue weighted by Gasteiger charge is 2.27. The molecule has 1 fully saturated rings. The lowest BCUT2D eigenvalue weighted by atomic mass is 10.1. The number of carbonyl (C=O) groups is 1. The van der Waals surface area contributed by atoms with Gasteiger partial charge in [-0.2, -0.15) is 5.10 Å². The van der Waals surface area contributed by atoms with E-state index in [2.05, 4.69) is 16.1 Å². The lowest BCUT2D eigenvalue weighted by Crippen LogP contribution is -2.48. The molecule has 0 atom stereocenters. The van der Waals surface area contributed by atoms with Crippen LogP contribution in [0.5, 0.6) is 11.5 Å². The molecule has 1 saturated heterocycles. The summed E-state index contributed by atoms with van der Waals surface area (Å²) >= 11 is 6.39. The summed E-state index contributed by atoms with van der Waals surface area (Å²) in [5.41, 5.74) is 2.23. The number of nitrogens with zero attached hydrogens (tertiary/aromatic N) is 4. The number of benzene rings is 1. The predicted octanol–water partition coefficient (Wildman–Crippen LogP) is 2.67. The Morgan fingerprint density at radius 3 is 2.71 bits per heavy atom. The molecule has 0 radical (unpaired) electrons. The van der Waals surface area contributed by atoms with Gasteiger partial charge >= 0.3 is 0 Å². The van der Waals surface area contributed by atoms with Crippen LogP contribution in [0.15, 0.2) is 42.6 Å². The van der Waals surface area contributed by atoms with Crippen molar-refractivity contribution in [3.63, 3.8) is 0 Å². The van der Waals surface area contributed by atoms with E-state index >= 15 is 0 Å². The highest BCUT2D eigenvalue weighted by atomic mass is 35.5. The molecule has 1 amide bonds. The van der Waals surface area contributed by atoms with Crippen LogP contribution < -0.4 is 9.47 Å². The van der Waals surface area contributed by atoms with Gasteiger partial charge in [-0.15, -0.1) is 0 Å². The summed E-state index contributed by atoms with van der Waals surface area (Å²) in [6, 6.07) is 11.6. The molecule has 0 spiro atoms. The zero-order valence-electron chi connectivity index (χ0n) is 15.2. The number of piperazine rings is 1. The predicted molar refractivity (Wildman–Crippen MR) is 104 cm³/mol. The average Bonchev–Trinajstić information content (AvgIpc) is 3.32. The molecule has 144 valence electrons. The van der Waals surface area contributed by atoms with Crippen molar-refractivity contribution in [3.05, 3.63) is 58.9 Å². The Morgan fingerprint density at radius 2 is 1.89 bits per heavy atom. The fourth-order valence-corrected chi connectivity index (χ4v) is 3.93. The Balaban J connectivity index is 1.24. The van der Waals surface area contributed by atoms with Gasteiger partial charge in [0, 0.05) is 38.9 Å². The summed E-state index contributed by atoms with van der Waals surface area (Å²) in [5, 5.41) is 4.77. The highest BCUT2D eigenvalue weighted by Crippen LogP contribution is 2.33. The first-order chi connectivity index (χ1) is 13.7. The van der Waals surface area contributed by atoms with Gasteiger partial charge in [0.05, 0.1) is 10.5 Å². The van der Waals surface area contributed by atoms with Gasteiger partial charge in [-0.1, -0.05) is 23.7 Å². The fraction of sp³-hybridized carbons (Fsp3) is 0.300. The van der Waals surface area contributed by atoms with Crippen molar-refractivity contribution in [1.29, 1.82) is 0 Å². The van der Waals surface area contributed by atoms with Crippen LogP contribution in [0.25, 0.3) is 5.52 Å². The minimum atomic E-state index is -0.114. The van der Waals surface area contributed by atoms with Crippen molar-refractivity contribution < 1.29 is 14.3 Å². The SMILES string of the molecule is O=C(c1nn2ccccc2c1Cl)N1CCN(Cc2ccc3c(c2)OCO3)CC1. The third kappa shape index (κ3) is 3.06. The first kappa shape index (κ1) is 17.3. The molecular weight excluding hydrogens is 380 g/mol. The number of carbonyl (C=O) groups excluding carboxylic acids is 1. The van der Waals surface area contributed by atoms with E-state index in [9.17, 15) is 4.79 Å². The van der Waals surface area contributed by atoms with E-state index in [-0.39, 0.29) is 12.7 Å². The first-order valence-corrected chi connectivity index (χ1v) is 9.60. The van der Waals surface area contributed by atoms with Gasteiger partial charge < -0.3 is 14.4 Å². The maximum Gasteiger partial charge on any atom is 0.276 e. The summed E-state index contributed by atoms with van der Waals surface area (Å²) in [7, 11) is 0. The van der Waals surface area contributed by atoms with Crippen LogP contribution >= 0.6 is 11.6 Å². The van der Waals surface area contributed by atoms with E-state index in [1.54, 1.807) is 10.7 Å². The molecule has 0 saturated carbocycles. The zero-order chi connectivity index (χ0) is 19.1. The van der Waals surface area contributed by atoms with E-state index < -0.39 is 0 Å². The highest BCUT2D eigenvalue weighted by molar-refractivity contribution is 6.36. The molecule has 4 heterocycles. The molecule has 0 bridgehead atoms. The van der Waals surface area contributed by atoms with Crippen LogP contribution in [0.2, 0.25) is 5.02 Å². The summed E-state index contributed by atoms with van der Waals surface area (Å²) < 4.78 is 12.5. The molecule has 7 nitrogen and oxygen atoms in total. The van der Waals surface area contributed by atoms with E-state index in [4.69, 9.17) is 21.1 Å². The Morgan fingerprint density at radius 1 is 1.07 bits per heavy atom. The number of ether oxygens (including phenoxy) is 2. The van der Waals surface area contributed by atoms with E-state index in [1.807, 2.05) is 35.2 Å². The minimum Gasteiger partial charge on any atom is -0.454 e. The smallest absolute Gasteiger partial charge is 0.276 e. The Bertz CT molecular complexity index is 1040. The third-order valence-corrected chi connectivity index (χ3v) is 5.56. The summed E-state index contributed by atoms with van der Waals surface area (Å²) in [5.74, 6) is 1.48. The third-order valence-electron chi connectivity index (χ3n) is 5.19. The molecule has 3 aromatic rings. The number of hydrogen-bond donors (Lipinski definition) is 0.